The van der Waals surface area contributed by atoms with Crippen molar-refractivity contribution in [3.05, 3.63) is 51.9 Å². The molecule has 3 rings (SSSR count). The van der Waals surface area contributed by atoms with Gasteiger partial charge in [0.2, 0.25) is 5.91 Å². The van der Waals surface area contributed by atoms with Crippen LogP contribution in [0.1, 0.15) is 11.3 Å². The molecule has 0 saturated heterocycles. The molecule has 3 aromatic rings. The zero-order valence-corrected chi connectivity index (χ0v) is 12.6. The maximum atomic E-state index is 12.1. The molecule has 2 heterocycles. The molecule has 0 aliphatic carbocycles. The lowest BCUT2D eigenvalue weighted by Crippen LogP contribution is -2.12. The Morgan fingerprint density at radius 3 is 2.86 bits per heavy atom. The number of aryl methyl sites for hydroxylation is 1. The van der Waals surface area contributed by atoms with Crippen LogP contribution in [0.25, 0.3) is 10.8 Å². The molecule has 0 aliphatic heterocycles. The Morgan fingerprint density at radius 2 is 2.05 bits per heavy atom. The maximum Gasteiger partial charge on any atom is 0.224 e. The molecule has 0 fully saturated rings. The van der Waals surface area contributed by atoms with Gasteiger partial charge < -0.3 is 5.32 Å². The Hall–Kier alpha value is -1.98. The SMILES string of the molecule is O=C(CCc1ccc(Cl)s1)Nc1cccc2cnncc12. The van der Waals surface area contributed by atoms with Crippen molar-refractivity contribution in [3.8, 4) is 0 Å². The number of hydrogen-bond donors (Lipinski definition) is 1. The minimum Gasteiger partial charge on any atom is -0.325 e. The molecule has 4 nitrogen and oxygen atoms in total. The summed E-state index contributed by atoms with van der Waals surface area (Å²) in [4.78, 5) is 13.2. The maximum absolute atomic E-state index is 12.1. The van der Waals surface area contributed by atoms with Gasteiger partial charge in [0.25, 0.3) is 0 Å². The summed E-state index contributed by atoms with van der Waals surface area (Å²) in [6.45, 7) is 0. The molecule has 21 heavy (non-hydrogen) atoms. The highest BCUT2D eigenvalue weighted by Gasteiger charge is 2.07. The molecule has 1 N–H and O–H groups in total. The molecule has 0 bridgehead atoms. The molecule has 0 saturated carbocycles. The van der Waals surface area contributed by atoms with Gasteiger partial charge in [0.1, 0.15) is 0 Å². The van der Waals surface area contributed by atoms with Crippen LogP contribution in [0.4, 0.5) is 5.69 Å². The number of halogens is 1. The van der Waals surface area contributed by atoms with Crippen molar-refractivity contribution in [3.63, 3.8) is 0 Å². The van der Waals surface area contributed by atoms with Crippen LogP contribution in [0, 0.1) is 0 Å². The molecule has 0 radical (unpaired) electrons. The van der Waals surface area contributed by atoms with Crippen molar-refractivity contribution in [1.29, 1.82) is 0 Å². The van der Waals surface area contributed by atoms with Crippen LogP contribution in [0.5, 0.6) is 0 Å². The first-order valence-electron chi connectivity index (χ1n) is 6.46. The van der Waals surface area contributed by atoms with Crippen LogP contribution >= 0.6 is 22.9 Å². The number of rotatable bonds is 4. The van der Waals surface area contributed by atoms with Crippen LogP contribution in [0.2, 0.25) is 4.34 Å². The highest BCUT2D eigenvalue weighted by Crippen LogP contribution is 2.24. The smallest absolute Gasteiger partial charge is 0.224 e. The van der Waals surface area contributed by atoms with E-state index in [-0.39, 0.29) is 5.91 Å². The summed E-state index contributed by atoms with van der Waals surface area (Å²) in [7, 11) is 0. The fourth-order valence-electron chi connectivity index (χ4n) is 2.07. The van der Waals surface area contributed by atoms with E-state index in [9.17, 15) is 4.79 Å². The second kappa shape index (κ2) is 6.20. The van der Waals surface area contributed by atoms with Gasteiger partial charge in [0.15, 0.2) is 0 Å². The van der Waals surface area contributed by atoms with Crippen molar-refractivity contribution >= 4 is 45.3 Å². The second-order valence-corrected chi connectivity index (χ2v) is 6.35. The van der Waals surface area contributed by atoms with E-state index in [1.807, 2.05) is 30.3 Å². The highest BCUT2D eigenvalue weighted by molar-refractivity contribution is 7.16. The summed E-state index contributed by atoms with van der Waals surface area (Å²) in [6, 6.07) is 9.49. The summed E-state index contributed by atoms with van der Waals surface area (Å²) < 4.78 is 0.748. The fraction of sp³-hybridized carbons (Fsp3) is 0.133. The minimum atomic E-state index is -0.0242. The zero-order chi connectivity index (χ0) is 14.7. The fourth-order valence-corrected chi connectivity index (χ4v) is 3.16. The second-order valence-electron chi connectivity index (χ2n) is 4.55. The number of nitrogens with one attached hydrogen (secondary N) is 1. The molecule has 6 heteroatoms. The van der Waals surface area contributed by atoms with E-state index < -0.39 is 0 Å². The van der Waals surface area contributed by atoms with Gasteiger partial charge in [-0.25, -0.2) is 0 Å². The first-order valence-corrected chi connectivity index (χ1v) is 7.65. The van der Waals surface area contributed by atoms with E-state index in [1.165, 1.54) is 11.3 Å². The average Bonchev–Trinajstić information content (AvgIpc) is 2.91. The average molecular weight is 318 g/mol. The first-order chi connectivity index (χ1) is 10.2. The summed E-state index contributed by atoms with van der Waals surface area (Å²) in [5.41, 5.74) is 0.761. The number of benzene rings is 1. The molecule has 106 valence electrons. The third kappa shape index (κ3) is 3.37. The van der Waals surface area contributed by atoms with Crippen molar-refractivity contribution < 1.29 is 4.79 Å². The van der Waals surface area contributed by atoms with Crippen molar-refractivity contribution in [2.75, 3.05) is 5.32 Å². The molecule has 0 aliphatic rings. The van der Waals surface area contributed by atoms with E-state index in [0.717, 1.165) is 25.7 Å². The summed E-state index contributed by atoms with van der Waals surface area (Å²) in [5, 5.41) is 12.5. The quantitative estimate of drug-likeness (QED) is 0.793. The van der Waals surface area contributed by atoms with E-state index in [4.69, 9.17) is 11.6 Å². The highest BCUT2D eigenvalue weighted by atomic mass is 35.5. The topological polar surface area (TPSA) is 54.9 Å². The molecule has 0 unspecified atom stereocenters. The number of thiophene rings is 1. The number of fused-ring (bicyclic) bond motifs is 1. The predicted octanol–water partition coefficient (Wildman–Crippen LogP) is 3.92. The lowest BCUT2D eigenvalue weighted by Gasteiger charge is -2.07. The number of amides is 1. The molecule has 0 atom stereocenters. The van der Waals surface area contributed by atoms with Gasteiger partial charge in [-0.3, -0.25) is 4.79 Å². The van der Waals surface area contributed by atoms with Gasteiger partial charge in [0, 0.05) is 22.1 Å². The number of carbonyl (C=O) groups is 1. The first kappa shape index (κ1) is 14.0. The third-order valence-corrected chi connectivity index (χ3v) is 4.38. The summed E-state index contributed by atoms with van der Waals surface area (Å²) >= 11 is 7.38. The largest absolute Gasteiger partial charge is 0.325 e. The van der Waals surface area contributed by atoms with Crippen LogP contribution in [0.3, 0.4) is 0 Å². The molecular formula is C15H12ClN3OS. The van der Waals surface area contributed by atoms with Crippen LogP contribution in [0.15, 0.2) is 42.7 Å². The predicted molar refractivity (Wildman–Crippen MR) is 85.8 cm³/mol. The molecule has 1 amide bonds. The molecule has 2 aromatic heterocycles. The van der Waals surface area contributed by atoms with Crippen molar-refractivity contribution in [1.82, 2.24) is 10.2 Å². The van der Waals surface area contributed by atoms with Crippen LogP contribution in [-0.4, -0.2) is 16.1 Å². The van der Waals surface area contributed by atoms with Gasteiger partial charge in [-0.2, -0.15) is 10.2 Å². The monoisotopic (exact) mass is 317 g/mol. The van der Waals surface area contributed by atoms with Crippen molar-refractivity contribution in [2.24, 2.45) is 0 Å². The number of aromatic nitrogens is 2. The molecular weight excluding hydrogens is 306 g/mol. The van der Waals surface area contributed by atoms with E-state index in [0.29, 0.717) is 12.8 Å². The molecule has 1 aromatic carbocycles. The lowest BCUT2D eigenvalue weighted by molar-refractivity contribution is -0.116. The van der Waals surface area contributed by atoms with E-state index >= 15 is 0 Å². The van der Waals surface area contributed by atoms with Crippen molar-refractivity contribution in [2.45, 2.75) is 12.8 Å². The Balaban J connectivity index is 1.69. The van der Waals surface area contributed by atoms with Crippen LogP contribution < -0.4 is 5.32 Å². The molecule has 0 spiro atoms. The Labute approximate surface area is 130 Å². The normalized spacial score (nSPS) is 10.7. The Morgan fingerprint density at radius 1 is 1.19 bits per heavy atom. The van der Waals surface area contributed by atoms with Gasteiger partial charge in [-0.05, 0) is 24.6 Å². The van der Waals surface area contributed by atoms with Gasteiger partial charge in [-0.1, -0.05) is 23.7 Å². The lowest BCUT2D eigenvalue weighted by atomic mass is 10.1. The Bertz CT molecular complexity index is 782. The van der Waals surface area contributed by atoms with Gasteiger partial charge in [-0.15, -0.1) is 11.3 Å². The van der Waals surface area contributed by atoms with Crippen LogP contribution in [-0.2, 0) is 11.2 Å². The zero-order valence-electron chi connectivity index (χ0n) is 11.0. The van der Waals surface area contributed by atoms with Gasteiger partial charge >= 0.3 is 0 Å². The van der Waals surface area contributed by atoms with E-state index in [1.54, 1.807) is 12.4 Å². The number of carbonyl (C=O) groups excluding carboxylic acids is 1. The third-order valence-electron chi connectivity index (χ3n) is 3.09. The summed E-state index contributed by atoms with van der Waals surface area (Å²) in [6.07, 6.45) is 4.45. The van der Waals surface area contributed by atoms with E-state index in [2.05, 4.69) is 15.5 Å². The van der Waals surface area contributed by atoms with Gasteiger partial charge in [0.05, 0.1) is 22.4 Å². The summed E-state index contributed by atoms with van der Waals surface area (Å²) in [5.74, 6) is -0.0242. The Kier molecular flexibility index (Phi) is 4.13. The number of anilines is 1. The number of nitrogens with zero attached hydrogens (tertiary/aromatic N) is 2. The standard InChI is InChI=1S/C15H12ClN3OS/c16-14-6-4-11(21-14)5-7-15(20)19-13-3-1-2-10-8-17-18-9-12(10)13/h1-4,6,8-9H,5,7H2,(H,19,20). The minimum absolute atomic E-state index is 0.0242. The number of hydrogen-bond acceptors (Lipinski definition) is 4.